The monoisotopic (exact) mass is 210 g/mol. The normalized spacial score (nSPS) is 25.2. The number of ether oxygens (including phenoxy) is 2. The lowest BCUT2D eigenvalue weighted by Gasteiger charge is -2.33. The van der Waals surface area contributed by atoms with E-state index in [1.54, 1.807) is 19.3 Å². The number of carbonyl (C=O) groups excluding carboxylic acids is 1. The van der Waals surface area contributed by atoms with Gasteiger partial charge in [0.15, 0.2) is 0 Å². The van der Waals surface area contributed by atoms with E-state index in [0.717, 1.165) is 19.3 Å². The van der Waals surface area contributed by atoms with Crippen LogP contribution in [0.3, 0.4) is 0 Å². The highest BCUT2D eigenvalue weighted by Gasteiger charge is 2.31. The van der Waals surface area contributed by atoms with E-state index in [4.69, 9.17) is 9.47 Å². The van der Waals surface area contributed by atoms with E-state index in [2.05, 4.69) is 0 Å². The quantitative estimate of drug-likeness (QED) is 0.528. The molecule has 0 fully saturated rings. The molecule has 0 saturated heterocycles. The van der Waals surface area contributed by atoms with Gasteiger partial charge < -0.3 is 9.47 Å². The van der Waals surface area contributed by atoms with Gasteiger partial charge in [0, 0.05) is 6.08 Å². The number of hydrogen-bond acceptors (Lipinski definition) is 3. The Balaban J connectivity index is 2.46. The summed E-state index contributed by atoms with van der Waals surface area (Å²) in [4.78, 5) is 11.2. The SMILES string of the molecule is CC=CC(=O)OCC1(CC)CCC=CO1. The Morgan fingerprint density at radius 1 is 1.67 bits per heavy atom. The minimum Gasteiger partial charge on any atom is -0.492 e. The number of carbonyl (C=O) groups is 1. The highest BCUT2D eigenvalue weighted by Crippen LogP contribution is 2.27. The van der Waals surface area contributed by atoms with Gasteiger partial charge in [0.1, 0.15) is 12.2 Å². The van der Waals surface area contributed by atoms with Gasteiger partial charge in [-0.3, -0.25) is 0 Å². The summed E-state index contributed by atoms with van der Waals surface area (Å²) < 4.78 is 10.7. The molecule has 0 spiro atoms. The lowest BCUT2D eigenvalue weighted by Crippen LogP contribution is -2.37. The summed E-state index contributed by atoms with van der Waals surface area (Å²) in [7, 11) is 0. The fraction of sp³-hybridized carbons (Fsp3) is 0.583. The maximum atomic E-state index is 11.2. The van der Waals surface area contributed by atoms with Crippen LogP contribution in [-0.2, 0) is 14.3 Å². The summed E-state index contributed by atoms with van der Waals surface area (Å²) in [5.74, 6) is -0.302. The van der Waals surface area contributed by atoms with Crippen LogP contribution < -0.4 is 0 Å². The number of esters is 1. The van der Waals surface area contributed by atoms with E-state index in [0.29, 0.717) is 6.61 Å². The summed E-state index contributed by atoms with van der Waals surface area (Å²) in [5.41, 5.74) is -0.314. The molecule has 0 aromatic heterocycles. The minimum absolute atomic E-state index is 0.302. The topological polar surface area (TPSA) is 35.5 Å². The zero-order chi connectivity index (χ0) is 11.1. The molecule has 1 aliphatic rings. The summed E-state index contributed by atoms with van der Waals surface area (Å²) in [6.07, 6.45) is 9.52. The van der Waals surface area contributed by atoms with E-state index in [9.17, 15) is 4.79 Å². The van der Waals surface area contributed by atoms with Crippen LogP contribution in [0.4, 0.5) is 0 Å². The summed E-state index contributed by atoms with van der Waals surface area (Å²) in [6.45, 7) is 4.16. The Morgan fingerprint density at radius 2 is 2.47 bits per heavy atom. The van der Waals surface area contributed by atoms with Crippen LogP contribution in [0.2, 0.25) is 0 Å². The zero-order valence-electron chi connectivity index (χ0n) is 9.36. The van der Waals surface area contributed by atoms with Crippen molar-refractivity contribution >= 4 is 5.97 Å². The highest BCUT2D eigenvalue weighted by molar-refractivity contribution is 5.81. The van der Waals surface area contributed by atoms with Gasteiger partial charge in [0.05, 0.1) is 6.26 Å². The average Bonchev–Trinajstić information content (AvgIpc) is 2.28. The molecule has 0 amide bonds. The molecule has 0 radical (unpaired) electrons. The number of hydrogen-bond donors (Lipinski definition) is 0. The number of rotatable bonds is 4. The molecule has 84 valence electrons. The molecule has 3 heteroatoms. The Morgan fingerprint density at radius 3 is 3.00 bits per heavy atom. The molecule has 15 heavy (non-hydrogen) atoms. The van der Waals surface area contributed by atoms with Crippen molar-refractivity contribution in [3.8, 4) is 0 Å². The van der Waals surface area contributed by atoms with Gasteiger partial charge in [0.25, 0.3) is 0 Å². The van der Waals surface area contributed by atoms with Crippen molar-refractivity contribution in [2.75, 3.05) is 6.61 Å². The smallest absolute Gasteiger partial charge is 0.330 e. The first-order valence-electron chi connectivity index (χ1n) is 5.35. The summed E-state index contributed by atoms with van der Waals surface area (Å²) in [6, 6.07) is 0. The Labute approximate surface area is 90.8 Å². The second kappa shape index (κ2) is 5.59. The first-order valence-corrected chi connectivity index (χ1v) is 5.35. The molecule has 0 saturated carbocycles. The molecule has 0 bridgehead atoms. The van der Waals surface area contributed by atoms with Crippen LogP contribution in [0.25, 0.3) is 0 Å². The van der Waals surface area contributed by atoms with Gasteiger partial charge in [-0.05, 0) is 32.3 Å². The molecule has 1 atom stereocenters. The minimum atomic E-state index is -0.314. The van der Waals surface area contributed by atoms with E-state index in [1.807, 2.05) is 13.0 Å². The third-order valence-electron chi connectivity index (χ3n) is 2.61. The van der Waals surface area contributed by atoms with Crippen molar-refractivity contribution in [2.45, 2.75) is 38.7 Å². The lowest BCUT2D eigenvalue weighted by molar-refractivity contribution is -0.147. The van der Waals surface area contributed by atoms with Gasteiger partial charge in [0.2, 0.25) is 0 Å². The number of allylic oxidation sites excluding steroid dienone is 2. The van der Waals surface area contributed by atoms with Crippen LogP contribution in [0, 0.1) is 0 Å². The average molecular weight is 210 g/mol. The van der Waals surface area contributed by atoms with Crippen molar-refractivity contribution in [1.29, 1.82) is 0 Å². The van der Waals surface area contributed by atoms with Gasteiger partial charge >= 0.3 is 5.97 Å². The van der Waals surface area contributed by atoms with Gasteiger partial charge in [-0.25, -0.2) is 4.79 Å². The standard InChI is InChI=1S/C12H18O3/c1-3-7-11(13)14-10-12(4-2)8-5-6-9-15-12/h3,6-7,9H,4-5,8,10H2,1-2H3. The first kappa shape index (κ1) is 11.8. The molecule has 1 heterocycles. The third-order valence-corrected chi connectivity index (χ3v) is 2.61. The van der Waals surface area contributed by atoms with Crippen LogP contribution in [0.5, 0.6) is 0 Å². The fourth-order valence-electron chi connectivity index (χ4n) is 1.52. The van der Waals surface area contributed by atoms with Crippen LogP contribution in [-0.4, -0.2) is 18.2 Å². The van der Waals surface area contributed by atoms with Crippen molar-refractivity contribution in [3.63, 3.8) is 0 Å². The summed E-state index contributed by atoms with van der Waals surface area (Å²) >= 11 is 0. The molecule has 0 aliphatic carbocycles. The summed E-state index contributed by atoms with van der Waals surface area (Å²) in [5, 5.41) is 0. The van der Waals surface area contributed by atoms with E-state index < -0.39 is 0 Å². The lowest BCUT2D eigenvalue weighted by atomic mass is 9.94. The van der Waals surface area contributed by atoms with E-state index >= 15 is 0 Å². The van der Waals surface area contributed by atoms with Gasteiger partial charge in [-0.2, -0.15) is 0 Å². The molecule has 1 aliphatic heterocycles. The Hall–Kier alpha value is -1.25. The first-order chi connectivity index (χ1) is 7.22. The maximum absolute atomic E-state index is 11.2. The molecule has 0 aromatic rings. The van der Waals surface area contributed by atoms with E-state index in [1.165, 1.54) is 6.08 Å². The van der Waals surface area contributed by atoms with Crippen LogP contribution >= 0.6 is 0 Å². The van der Waals surface area contributed by atoms with Crippen molar-refractivity contribution < 1.29 is 14.3 Å². The predicted molar refractivity (Wildman–Crippen MR) is 58.3 cm³/mol. The molecule has 1 unspecified atom stereocenters. The maximum Gasteiger partial charge on any atom is 0.330 e. The molecular weight excluding hydrogens is 192 g/mol. The second-order valence-electron chi connectivity index (χ2n) is 3.67. The highest BCUT2D eigenvalue weighted by atomic mass is 16.6. The van der Waals surface area contributed by atoms with Crippen molar-refractivity contribution in [3.05, 3.63) is 24.5 Å². The van der Waals surface area contributed by atoms with Crippen LogP contribution in [0.15, 0.2) is 24.5 Å². The van der Waals surface area contributed by atoms with Gasteiger partial charge in [-0.15, -0.1) is 0 Å². The Bertz CT molecular complexity index is 268. The van der Waals surface area contributed by atoms with Crippen LogP contribution in [0.1, 0.15) is 33.1 Å². The predicted octanol–water partition coefficient (Wildman–Crippen LogP) is 2.58. The van der Waals surface area contributed by atoms with Crippen molar-refractivity contribution in [1.82, 2.24) is 0 Å². The van der Waals surface area contributed by atoms with E-state index in [-0.39, 0.29) is 11.6 Å². The largest absolute Gasteiger partial charge is 0.492 e. The molecule has 0 N–H and O–H groups in total. The molecular formula is C12H18O3. The molecule has 1 rings (SSSR count). The fourth-order valence-corrected chi connectivity index (χ4v) is 1.52. The van der Waals surface area contributed by atoms with Gasteiger partial charge in [-0.1, -0.05) is 13.0 Å². The molecule has 0 aromatic carbocycles. The van der Waals surface area contributed by atoms with Crippen molar-refractivity contribution in [2.24, 2.45) is 0 Å². The third kappa shape index (κ3) is 3.42. The second-order valence-corrected chi connectivity index (χ2v) is 3.67. The molecule has 3 nitrogen and oxygen atoms in total. The Kier molecular flexibility index (Phi) is 4.40. The zero-order valence-corrected chi connectivity index (χ0v) is 9.36.